The molecular formula is C27H48O. The summed E-state index contributed by atoms with van der Waals surface area (Å²) < 4.78 is 0. The molecule has 0 aromatic rings. The van der Waals surface area contributed by atoms with E-state index in [1.165, 1.54) is 64.2 Å². The summed E-state index contributed by atoms with van der Waals surface area (Å²) in [5, 5.41) is 10.3. The molecule has 162 valence electrons. The quantitative estimate of drug-likeness (QED) is 0.518. The van der Waals surface area contributed by atoms with Gasteiger partial charge in [0, 0.05) is 0 Å². The van der Waals surface area contributed by atoms with Crippen molar-refractivity contribution in [1.82, 2.24) is 0 Å². The summed E-state index contributed by atoms with van der Waals surface area (Å²) in [5.74, 6) is 6.49. The molecule has 0 aliphatic heterocycles. The number of rotatable bonds is 5. The van der Waals surface area contributed by atoms with E-state index in [0.717, 1.165) is 54.3 Å². The first kappa shape index (κ1) is 21.2. The van der Waals surface area contributed by atoms with Crippen molar-refractivity contribution in [2.24, 2.45) is 52.3 Å². The maximum Gasteiger partial charge on any atom is 0.0543 e. The first-order valence-corrected chi connectivity index (χ1v) is 12.9. The smallest absolute Gasteiger partial charge is 0.0543 e. The van der Waals surface area contributed by atoms with Crippen molar-refractivity contribution in [3.05, 3.63) is 0 Å². The Labute approximate surface area is 175 Å². The molecule has 0 aromatic carbocycles. The van der Waals surface area contributed by atoms with Crippen LogP contribution in [-0.4, -0.2) is 11.2 Å². The number of fused-ring (bicyclic) bond motifs is 5. The van der Waals surface area contributed by atoms with Crippen LogP contribution in [0.1, 0.15) is 112 Å². The molecule has 0 unspecified atom stereocenters. The third-order valence-electron chi connectivity index (χ3n) is 10.8. The van der Waals surface area contributed by atoms with E-state index < -0.39 is 0 Å². The first-order chi connectivity index (χ1) is 13.3. The van der Waals surface area contributed by atoms with Crippen LogP contribution in [-0.2, 0) is 0 Å². The maximum absolute atomic E-state index is 10.3. The highest BCUT2D eigenvalue weighted by Crippen LogP contribution is 2.68. The van der Waals surface area contributed by atoms with Crippen molar-refractivity contribution < 1.29 is 5.11 Å². The lowest BCUT2D eigenvalue weighted by Crippen LogP contribution is -2.54. The number of aliphatic hydroxyl groups is 1. The van der Waals surface area contributed by atoms with Crippen LogP contribution in [0.15, 0.2) is 0 Å². The second-order valence-corrected chi connectivity index (χ2v) is 12.6. The van der Waals surface area contributed by atoms with E-state index >= 15 is 0 Å². The molecule has 0 amide bonds. The second kappa shape index (κ2) is 7.90. The molecule has 0 aromatic heterocycles. The van der Waals surface area contributed by atoms with Crippen molar-refractivity contribution in [1.29, 1.82) is 0 Å². The molecule has 0 saturated heterocycles. The highest BCUT2D eigenvalue weighted by atomic mass is 16.3. The lowest BCUT2D eigenvalue weighted by molar-refractivity contribution is -0.129. The minimum atomic E-state index is -0.00830. The van der Waals surface area contributed by atoms with E-state index in [1.807, 2.05) is 0 Å². The first-order valence-electron chi connectivity index (χ1n) is 12.9. The summed E-state index contributed by atoms with van der Waals surface area (Å²) >= 11 is 0. The van der Waals surface area contributed by atoms with Gasteiger partial charge in [0.2, 0.25) is 0 Å². The van der Waals surface area contributed by atoms with E-state index in [2.05, 4.69) is 34.6 Å². The van der Waals surface area contributed by atoms with Crippen LogP contribution in [0.2, 0.25) is 0 Å². The van der Waals surface area contributed by atoms with Crippen LogP contribution in [0.5, 0.6) is 0 Å². The molecule has 1 N–H and O–H groups in total. The molecule has 4 aliphatic rings. The van der Waals surface area contributed by atoms with Gasteiger partial charge in [0.25, 0.3) is 0 Å². The van der Waals surface area contributed by atoms with Crippen LogP contribution in [0.25, 0.3) is 0 Å². The van der Waals surface area contributed by atoms with Gasteiger partial charge in [-0.25, -0.2) is 0 Å². The van der Waals surface area contributed by atoms with Crippen molar-refractivity contribution in [2.75, 3.05) is 0 Å². The van der Waals surface area contributed by atoms with Crippen LogP contribution in [0, 0.1) is 52.3 Å². The predicted molar refractivity (Wildman–Crippen MR) is 119 cm³/mol. The molecular weight excluding hydrogens is 340 g/mol. The fraction of sp³-hybridized carbons (Fsp3) is 1.00. The fourth-order valence-corrected chi connectivity index (χ4v) is 9.26. The Bertz CT molecular complexity index is 540. The van der Waals surface area contributed by atoms with Crippen molar-refractivity contribution in [3.8, 4) is 0 Å². The number of aliphatic hydroxyl groups excluding tert-OH is 1. The molecule has 0 radical (unpaired) electrons. The van der Waals surface area contributed by atoms with Gasteiger partial charge in [-0.1, -0.05) is 53.9 Å². The van der Waals surface area contributed by atoms with Gasteiger partial charge in [-0.2, -0.15) is 0 Å². The fourth-order valence-electron chi connectivity index (χ4n) is 9.26. The zero-order valence-corrected chi connectivity index (χ0v) is 19.6. The van der Waals surface area contributed by atoms with Gasteiger partial charge in [-0.3, -0.25) is 0 Å². The van der Waals surface area contributed by atoms with E-state index in [-0.39, 0.29) is 6.10 Å². The monoisotopic (exact) mass is 388 g/mol. The van der Waals surface area contributed by atoms with Crippen LogP contribution < -0.4 is 0 Å². The Morgan fingerprint density at radius 1 is 0.821 bits per heavy atom. The van der Waals surface area contributed by atoms with Gasteiger partial charge in [0.1, 0.15) is 0 Å². The summed E-state index contributed by atoms with van der Waals surface area (Å²) in [6.45, 7) is 12.7. The second-order valence-electron chi connectivity index (χ2n) is 12.6. The molecule has 0 bridgehead atoms. The minimum absolute atomic E-state index is 0.00830. The number of hydrogen-bond acceptors (Lipinski definition) is 1. The largest absolute Gasteiger partial charge is 0.393 e. The molecule has 4 fully saturated rings. The van der Waals surface area contributed by atoms with Gasteiger partial charge in [-0.15, -0.1) is 0 Å². The molecule has 4 aliphatic carbocycles. The molecule has 4 rings (SSSR count). The standard InChI is InChI=1S/C27H48O/c1-18(2)7-6-8-19(3)23-11-12-24-22-10-9-20-17-21(28)13-15-26(20,4)25(22)14-16-27(23,24)5/h18-25,28H,6-17H2,1-5H3/t19-,20+,21+,22-,23+,24-,25-,26+,27-/m1/s1. The third-order valence-corrected chi connectivity index (χ3v) is 10.8. The zero-order valence-electron chi connectivity index (χ0n) is 19.6. The van der Waals surface area contributed by atoms with Gasteiger partial charge >= 0.3 is 0 Å². The maximum atomic E-state index is 10.3. The molecule has 0 spiro atoms. The van der Waals surface area contributed by atoms with Gasteiger partial charge in [0.15, 0.2) is 0 Å². The number of hydrogen-bond donors (Lipinski definition) is 1. The Balaban J connectivity index is 1.46. The molecule has 0 heterocycles. The summed E-state index contributed by atoms with van der Waals surface area (Å²) in [6.07, 6.45) is 16.6. The van der Waals surface area contributed by atoms with Crippen molar-refractivity contribution >= 4 is 0 Å². The minimum Gasteiger partial charge on any atom is -0.393 e. The molecule has 9 atom stereocenters. The summed E-state index contributed by atoms with van der Waals surface area (Å²) in [6, 6.07) is 0. The molecule has 1 nitrogen and oxygen atoms in total. The highest BCUT2D eigenvalue weighted by Gasteiger charge is 2.60. The highest BCUT2D eigenvalue weighted by molar-refractivity contribution is 5.09. The zero-order chi connectivity index (χ0) is 20.1. The average molecular weight is 389 g/mol. The Hall–Kier alpha value is -0.0400. The molecule has 4 saturated carbocycles. The van der Waals surface area contributed by atoms with Gasteiger partial charge in [-0.05, 0) is 110 Å². The van der Waals surface area contributed by atoms with Crippen LogP contribution >= 0.6 is 0 Å². The van der Waals surface area contributed by atoms with Crippen molar-refractivity contribution in [2.45, 2.75) is 118 Å². The van der Waals surface area contributed by atoms with Crippen LogP contribution in [0.3, 0.4) is 0 Å². The topological polar surface area (TPSA) is 20.2 Å². The van der Waals surface area contributed by atoms with E-state index in [0.29, 0.717) is 10.8 Å². The van der Waals surface area contributed by atoms with Crippen LogP contribution in [0.4, 0.5) is 0 Å². The molecule has 28 heavy (non-hydrogen) atoms. The van der Waals surface area contributed by atoms with Crippen molar-refractivity contribution in [3.63, 3.8) is 0 Å². The predicted octanol–water partition coefficient (Wildman–Crippen LogP) is 7.47. The normalized spacial score (nSPS) is 49.4. The lowest BCUT2D eigenvalue weighted by atomic mass is 9.44. The van der Waals surface area contributed by atoms with E-state index in [9.17, 15) is 5.11 Å². The van der Waals surface area contributed by atoms with Gasteiger partial charge < -0.3 is 5.11 Å². The average Bonchev–Trinajstić information content (AvgIpc) is 2.99. The van der Waals surface area contributed by atoms with E-state index in [4.69, 9.17) is 0 Å². The summed E-state index contributed by atoms with van der Waals surface area (Å²) in [5.41, 5.74) is 1.15. The van der Waals surface area contributed by atoms with E-state index in [1.54, 1.807) is 0 Å². The summed E-state index contributed by atoms with van der Waals surface area (Å²) in [7, 11) is 0. The van der Waals surface area contributed by atoms with Gasteiger partial charge in [0.05, 0.1) is 6.10 Å². The Morgan fingerprint density at radius 2 is 1.54 bits per heavy atom. The Kier molecular flexibility index (Phi) is 5.98. The Morgan fingerprint density at radius 3 is 2.29 bits per heavy atom. The lowest BCUT2D eigenvalue weighted by Gasteiger charge is -2.61. The SMILES string of the molecule is CC(C)CCC[C@@H](C)[C@@H]1CC[C@@H]2[C@H]3CC[C@H]4C[C@@H](O)CC[C@]4(C)[C@@H]3CC[C@@]21C. The molecule has 1 heteroatoms. The third kappa shape index (κ3) is 3.50. The summed E-state index contributed by atoms with van der Waals surface area (Å²) in [4.78, 5) is 0.